The third-order valence-corrected chi connectivity index (χ3v) is 2.87. The van der Waals surface area contributed by atoms with Crippen molar-refractivity contribution in [3.63, 3.8) is 0 Å². The molecular formula is C11H11ClO. The molecule has 68 valence electrons. The molecule has 2 rings (SSSR count). The summed E-state index contributed by atoms with van der Waals surface area (Å²) in [7, 11) is 0. The van der Waals surface area contributed by atoms with Crippen LogP contribution in [0.5, 0.6) is 0 Å². The number of ketones is 1. The number of hydrogen-bond donors (Lipinski definition) is 0. The van der Waals surface area contributed by atoms with E-state index in [-0.39, 0.29) is 11.7 Å². The maximum absolute atomic E-state index is 11.5. The number of rotatable bonds is 0. The van der Waals surface area contributed by atoms with E-state index in [1.807, 2.05) is 26.0 Å². The van der Waals surface area contributed by atoms with Crippen molar-refractivity contribution in [2.75, 3.05) is 0 Å². The average Bonchev–Trinajstić information content (AvgIpc) is 2.27. The van der Waals surface area contributed by atoms with Crippen molar-refractivity contribution in [1.29, 1.82) is 0 Å². The molecule has 0 aliphatic heterocycles. The van der Waals surface area contributed by atoms with Crippen LogP contribution in [-0.2, 0) is 0 Å². The van der Waals surface area contributed by atoms with E-state index in [0.717, 1.165) is 21.7 Å². The predicted octanol–water partition coefficient (Wildman–Crippen LogP) is 3.34. The quantitative estimate of drug-likeness (QED) is 0.619. The first-order chi connectivity index (χ1) is 6.09. The van der Waals surface area contributed by atoms with Gasteiger partial charge in [0.1, 0.15) is 0 Å². The first-order valence-corrected chi connectivity index (χ1v) is 4.80. The molecule has 0 radical (unpaired) electrons. The minimum absolute atomic E-state index is 0.230. The minimum atomic E-state index is 0.230. The number of hydrogen-bond acceptors (Lipinski definition) is 1. The molecule has 1 atom stereocenters. The smallest absolute Gasteiger partial charge is 0.163 e. The Balaban J connectivity index is 2.69. The molecule has 0 saturated carbocycles. The molecule has 0 saturated heterocycles. The van der Waals surface area contributed by atoms with Gasteiger partial charge >= 0.3 is 0 Å². The Morgan fingerprint density at radius 2 is 2.15 bits per heavy atom. The van der Waals surface area contributed by atoms with Crippen molar-refractivity contribution in [2.45, 2.75) is 26.2 Å². The Hall–Kier alpha value is -0.820. The van der Waals surface area contributed by atoms with E-state index in [9.17, 15) is 4.79 Å². The monoisotopic (exact) mass is 194 g/mol. The van der Waals surface area contributed by atoms with Crippen LogP contribution in [0.3, 0.4) is 0 Å². The second-order valence-electron chi connectivity index (χ2n) is 3.74. The van der Waals surface area contributed by atoms with E-state index in [1.54, 1.807) is 0 Å². The van der Waals surface area contributed by atoms with Crippen LogP contribution in [0.15, 0.2) is 12.1 Å². The van der Waals surface area contributed by atoms with Gasteiger partial charge < -0.3 is 0 Å². The lowest BCUT2D eigenvalue weighted by Crippen LogP contribution is -1.92. The summed E-state index contributed by atoms with van der Waals surface area (Å²) in [6, 6.07) is 3.86. The topological polar surface area (TPSA) is 17.1 Å². The number of aryl methyl sites for hydroxylation is 1. The van der Waals surface area contributed by atoms with Gasteiger partial charge in [0.2, 0.25) is 0 Å². The Labute approximate surface area is 82.7 Å². The van der Waals surface area contributed by atoms with Crippen molar-refractivity contribution < 1.29 is 4.79 Å². The van der Waals surface area contributed by atoms with Crippen LogP contribution < -0.4 is 0 Å². The average molecular weight is 195 g/mol. The number of benzene rings is 1. The number of carbonyl (C=O) groups excluding carboxylic acids is 1. The summed E-state index contributed by atoms with van der Waals surface area (Å²) < 4.78 is 0. The van der Waals surface area contributed by atoms with E-state index in [1.165, 1.54) is 0 Å². The minimum Gasteiger partial charge on any atom is -0.294 e. The zero-order valence-electron chi connectivity index (χ0n) is 7.73. The predicted molar refractivity (Wildman–Crippen MR) is 53.6 cm³/mol. The summed E-state index contributed by atoms with van der Waals surface area (Å²) in [5.74, 6) is 0.517. The van der Waals surface area contributed by atoms with Crippen molar-refractivity contribution in [2.24, 2.45) is 0 Å². The van der Waals surface area contributed by atoms with Gasteiger partial charge in [-0.15, -0.1) is 0 Å². The molecule has 1 aromatic carbocycles. The van der Waals surface area contributed by atoms with Gasteiger partial charge in [0, 0.05) is 17.0 Å². The molecular weight excluding hydrogens is 184 g/mol. The van der Waals surface area contributed by atoms with Gasteiger partial charge in [-0.3, -0.25) is 4.79 Å². The Morgan fingerprint density at radius 1 is 1.46 bits per heavy atom. The summed E-state index contributed by atoms with van der Waals surface area (Å²) in [5.41, 5.74) is 2.93. The normalized spacial score (nSPS) is 20.5. The highest BCUT2D eigenvalue weighted by Crippen LogP contribution is 2.38. The molecule has 1 aliphatic carbocycles. The standard InChI is InChI=1S/C11H11ClO/c1-6-3-8-10(13)5-7(2)11(8)9(12)4-6/h3-4,7H,5H2,1-2H3. The number of carbonyl (C=O) groups is 1. The molecule has 0 amide bonds. The van der Waals surface area contributed by atoms with E-state index in [4.69, 9.17) is 11.6 Å². The highest BCUT2D eigenvalue weighted by Gasteiger charge is 2.28. The highest BCUT2D eigenvalue weighted by molar-refractivity contribution is 6.32. The largest absolute Gasteiger partial charge is 0.294 e. The van der Waals surface area contributed by atoms with Gasteiger partial charge in [0.05, 0.1) is 0 Å². The van der Waals surface area contributed by atoms with E-state index >= 15 is 0 Å². The molecule has 1 nitrogen and oxygen atoms in total. The van der Waals surface area contributed by atoms with Crippen molar-refractivity contribution in [1.82, 2.24) is 0 Å². The van der Waals surface area contributed by atoms with Crippen LogP contribution in [0.4, 0.5) is 0 Å². The molecule has 13 heavy (non-hydrogen) atoms. The summed E-state index contributed by atoms with van der Waals surface area (Å²) >= 11 is 6.08. The molecule has 1 unspecified atom stereocenters. The summed E-state index contributed by atoms with van der Waals surface area (Å²) in [6.45, 7) is 4.01. The van der Waals surface area contributed by atoms with Gasteiger partial charge in [0.15, 0.2) is 5.78 Å². The second kappa shape index (κ2) is 2.85. The highest BCUT2D eigenvalue weighted by atomic mass is 35.5. The zero-order valence-corrected chi connectivity index (χ0v) is 8.48. The number of fused-ring (bicyclic) bond motifs is 1. The third kappa shape index (κ3) is 1.28. The fourth-order valence-corrected chi connectivity index (χ4v) is 2.44. The Morgan fingerprint density at radius 3 is 2.85 bits per heavy atom. The van der Waals surface area contributed by atoms with Crippen molar-refractivity contribution in [3.05, 3.63) is 33.8 Å². The van der Waals surface area contributed by atoms with Gasteiger partial charge in [-0.25, -0.2) is 0 Å². The lowest BCUT2D eigenvalue weighted by molar-refractivity contribution is 0.0990. The van der Waals surface area contributed by atoms with Gasteiger partial charge in [0.25, 0.3) is 0 Å². The molecule has 1 aromatic rings. The molecule has 1 aliphatic rings. The molecule has 0 aromatic heterocycles. The third-order valence-electron chi connectivity index (χ3n) is 2.56. The molecule has 0 heterocycles. The van der Waals surface area contributed by atoms with Gasteiger partial charge in [-0.1, -0.05) is 18.5 Å². The van der Waals surface area contributed by atoms with Crippen LogP contribution in [-0.4, -0.2) is 5.78 Å². The van der Waals surface area contributed by atoms with Crippen molar-refractivity contribution in [3.8, 4) is 0 Å². The van der Waals surface area contributed by atoms with Crippen LogP contribution in [0.2, 0.25) is 5.02 Å². The second-order valence-corrected chi connectivity index (χ2v) is 4.14. The maximum Gasteiger partial charge on any atom is 0.163 e. The SMILES string of the molecule is Cc1cc(Cl)c2c(c1)C(=O)CC2C. The van der Waals surface area contributed by atoms with Gasteiger partial charge in [-0.2, -0.15) is 0 Å². The Bertz CT molecular complexity index is 382. The van der Waals surface area contributed by atoms with Crippen LogP contribution >= 0.6 is 11.6 Å². The summed E-state index contributed by atoms with van der Waals surface area (Å²) in [4.78, 5) is 11.5. The lowest BCUT2D eigenvalue weighted by atomic mass is 10.0. The lowest BCUT2D eigenvalue weighted by Gasteiger charge is -2.06. The molecule has 0 spiro atoms. The van der Waals surface area contributed by atoms with Gasteiger partial charge in [-0.05, 0) is 36.1 Å². The first-order valence-electron chi connectivity index (χ1n) is 4.43. The number of halogens is 1. The van der Waals surface area contributed by atoms with E-state index in [2.05, 4.69) is 0 Å². The van der Waals surface area contributed by atoms with Crippen LogP contribution in [0.1, 0.15) is 40.7 Å². The molecule has 2 heteroatoms. The van der Waals surface area contributed by atoms with Crippen LogP contribution in [0.25, 0.3) is 0 Å². The molecule has 0 fully saturated rings. The fourth-order valence-electron chi connectivity index (χ4n) is 1.98. The van der Waals surface area contributed by atoms with Crippen LogP contribution in [0, 0.1) is 6.92 Å². The fraction of sp³-hybridized carbons (Fsp3) is 0.364. The molecule has 0 bridgehead atoms. The zero-order chi connectivity index (χ0) is 9.59. The Kier molecular flexibility index (Phi) is 1.92. The van der Waals surface area contributed by atoms with E-state index in [0.29, 0.717) is 6.42 Å². The van der Waals surface area contributed by atoms with E-state index < -0.39 is 0 Å². The molecule has 0 N–H and O–H groups in total. The summed E-state index contributed by atoms with van der Waals surface area (Å²) in [5, 5.41) is 0.744. The summed E-state index contributed by atoms with van der Waals surface area (Å²) in [6.07, 6.45) is 0.610. The maximum atomic E-state index is 11.5. The van der Waals surface area contributed by atoms with Crippen molar-refractivity contribution >= 4 is 17.4 Å². The number of Topliss-reactive ketones (excluding diaryl/α,β-unsaturated/α-hetero) is 1. The first kappa shape index (κ1) is 8.76.